The molecule has 6 nitrogen and oxygen atoms in total. The standard InChI is InChI=1S/C11H14ClN5O/c1-11(2,3)17-9(18)7-6-15-10(12)16-8(7)14-5-4-13/h6H,5H2,1-3H3,(H,17,18)(H,14,15,16). The lowest BCUT2D eigenvalue weighted by Gasteiger charge is -2.21. The van der Waals surface area contributed by atoms with Gasteiger partial charge in [0, 0.05) is 11.7 Å². The van der Waals surface area contributed by atoms with Crippen LogP contribution in [0.15, 0.2) is 6.20 Å². The first-order valence-corrected chi connectivity index (χ1v) is 5.67. The van der Waals surface area contributed by atoms with E-state index in [1.54, 1.807) is 0 Å². The summed E-state index contributed by atoms with van der Waals surface area (Å²) < 4.78 is 0. The maximum absolute atomic E-state index is 12.0. The molecule has 0 radical (unpaired) electrons. The van der Waals surface area contributed by atoms with E-state index in [0.29, 0.717) is 0 Å². The summed E-state index contributed by atoms with van der Waals surface area (Å²) in [6, 6.07) is 1.90. The molecule has 2 N–H and O–H groups in total. The Morgan fingerprint density at radius 2 is 2.22 bits per heavy atom. The van der Waals surface area contributed by atoms with E-state index in [4.69, 9.17) is 16.9 Å². The smallest absolute Gasteiger partial charge is 0.257 e. The highest BCUT2D eigenvalue weighted by molar-refractivity contribution is 6.28. The maximum atomic E-state index is 12.0. The first-order chi connectivity index (χ1) is 8.33. The summed E-state index contributed by atoms with van der Waals surface area (Å²) in [5, 5.41) is 14.0. The summed E-state index contributed by atoms with van der Waals surface area (Å²) in [6.07, 6.45) is 1.33. The Labute approximate surface area is 110 Å². The molecular weight excluding hydrogens is 254 g/mol. The molecule has 1 rings (SSSR count). The number of anilines is 1. The second-order valence-corrected chi connectivity index (χ2v) is 4.96. The van der Waals surface area contributed by atoms with Crippen LogP contribution in [0.2, 0.25) is 5.28 Å². The molecule has 0 spiro atoms. The molecule has 0 unspecified atom stereocenters. The van der Waals surface area contributed by atoms with Crippen LogP contribution >= 0.6 is 11.6 Å². The zero-order chi connectivity index (χ0) is 13.8. The maximum Gasteiger partial charge on any atom is 0.257 e. The zero-order valence-electron chi connectivity index (χ0n) is 10.4. The SMILES string of the molecule is CC(C)(C)NC(=O)c1cnc(Cl)nc1NCC#N. The Kier molecular flexibility index (Phi) is 4.45. The van der Waals surface area contributed by atoms with Crippen LogP contribution in [0.3, 0.4) is 0 Å². The highest BCUT2D eigenvalue weighted by Crippen LogP contribution is 2.15. The molecule has 96 valence electrons. The van der Waals surface area contributed by atoms with Gasteiger partial charge >= 0.3 is 0 Å². The van der Waals surface area contributed by atoms with Gasteiger partial charge in [0.25, 0.3) is 5.91 Å². The van der Waals surface area contributed by atoms with Crippen molar-refractivity contribution < 1.29 is 4.79 Å². The number of amides is 1. The first kappa shape index (κ1) is 14.2. The molecule has 7 heteroatoms. The Morgan fingerprint density at radius 3 is 2.78 bits per heavy atom. The van der Waals surface area contributed by atoms with Gasteiger partial charge in [0.2, 0.25) is 5.28 Å². The van der Waals surface area contributed by atoms with Crippen molar-refractivity contribution in [2.45, 2.75) is 26.3 Å². The Morgan fingerprint density at radius 1 is 1.56 bits per heavy atom. The third-order valence-electron chi connectivity index (χ3n) is 1.83. The third kappa shape index (κ3) is 4.18. The lowest BCUT2D eigenvalue weighted by atomic mass is 10.1. The van der Waals surface area contributed by atoms with Crippen molar-refractivity contribution >= 4 is 23.3 Å². The van der Waals surface area contributed by atoms with Gasteiger partial charge in [-0.05, 0) is 32.4 Å². The number of nitrogens with one attached hydrogen (secondary N) is 2. The van der Waals surface area contributed by atoms with Crippen LogP contribution in [-0.4, -0.2) is 28.0 Å². The molecule has 0 fully saturated rings. The average molecular weight is 268 g/mol. The molecule has 0 aliphatic rings. The van der Waals surface area contributed by atoms with Gasteiger partial charge in [-0.2, -0.15) is 10.2 Å². The fourth-order valence-corrected chi connectivity index (χ4v) is 1.33. The van der Waals surface area contributed by atoms with Crippen molar-refractivity contribution in [2.75, 3.05) is 11.9 Å². The van der Waals surface area contributed by atoms with E-state index in [2.05, 4.69) is 20.6 Å². The number of carbonyl (C=O) groups excluding carboxylic acids is 1. The zero-order valence-corrected chi connectivity index (χ0v) is 11.2. The number of halogens is 1. The van der Waals surface area contributed by atoms with Gasteiger partial charge in [0.1, 0.15) is 17.9 Å². The minimum atomic E-state index is -0.372. The number of rotatable bonds is 3. The summed E-state index contributed by atoms with van der Waals surface area (Å²) in [6.45, 7) is 5.63. The van der Waals surface area contributed by atoms with Crippen molar-refractivity contribution in [1.29, 1.82) is 5.26 Å². The number of nitrogens with zero attached hydrogens (tertiary/aromatic N) is 3. The number of hydrogen-bond acceptors (Lipinski definition) is 5. The molecule has 0 bridgehead atoms. The van der Waals surface area contributed by atoms with E-state index in [0.717, 1.165) is 0 Å². The number of hydrogen-bond donors (Lipinski definition) is 2. The van der Waals surface area contributed by atoms with Crippen molar-refractivity contribution in [2.24, 2.45) is 0 Å². The fourth-order valence-electron chi connectivity index (χ4n) is 1.19. The third-order valence-corrected chi connectivity index (χ3v) is 2.01. The highest BCUT2D eigenvalue weighted by Gasteiger charge is 2.19. The van der Waals surface area contributed by atoms with E-state index in [1.165, 1.54) is 6.20 Å². The van der Waals surface area contributed by atoms with E-state index in [1.807, 2.05) is 26.8 Å². The normalized spacial score (nSPS) is 10.6. The van der Waals surface area contributed by atoms with Crippen LogP contribution in [-0.2, 0) is 0 Å². The van der Waals surface area contributed by atoms with Crippen LogP contribution in [0.5, 0.6) is 0 Å². The van der Waals surface area contributed by atoms with Crippen molar-refractivity contribution in [3.8, 4) is 6.07 Å². The van der Waals surface area contributed by atoms with Gasteiger partial charge in [-0.25, -0.2) is 4.98 Å². The second-order valence-electron chi connectivity index (χ2n) is 4.62. The molecule has 1 aromatic rings. The molecule has 1 aromatic heterocycles. The number of aromatic nitrogens is 2. The molecular formula is C11H14ClN5O. The molecule has 0 aliphatic heterocycles. The molecule has 0 aliphatic carbocycles. The van der Waals surface area contributed by atoms with E-state index >= 15 is 0 Å². The summed E-state index contributed by atoms with van der Waals surface area (Å²) in [5.74, 6) is -0.0714. The average Bonchev–Trinajstić information content (AvgIpc) is 2.23. The lowest BCUT2D eigenvalue weighted by molar-refractivity contribution is 0.0919. The van der Waals surface area contributed by atoms with E-state index < -0.39 is 0 Å². The second kappa shape index (κ2) is 5.65. The Bertz CT molecular complexity index is 489. The summed E-state index contributed by atoms with van der Waals surface area (Å²) >= 11 is 5.66. The minimum Gasteiger partial charge on any atom is -0.356 e. The largest absolute Gasteiger partial charge is 0.356 e. The predicted octanol–water partition coefficient (Wildman–Crippen LogP) is 1.59. The Balaban J connectivity index is 3.00. The van der Waals surface area contributed by atoms with Crippen LogP contribution < -0.4 is 10.6 Å². The van der Waals surface area contributed by atoms with Crippen molar-refractivity contribution in [1.82, 2.24) is 15.3 Å². The van der Waals surface area contributed by atoms with Gasteiger partial charge < -0.3 is 10.6 Å². The lowest BCUT2D eigenvalue weighted by Crippen LogP contribution is -2.41. The highest BCUT2D eigenvalue weighted by atomic mass is 35.5. The van der Waals surface area contributed by atoms with Crippen LogP contribution in [0, 0.1) is 11.3 Å². The van der Waals surface area contributed by atoms with Gasteiger partial charge in [0.05, 0.1) is 6.07 Å². The molecule has 1 amide bonds. The number of carbonyl (C=O) groups is 1. The fraction of sp³-hybridized carbons (Fsp3) is 0.455. The van der Waals surface area contributed by atoms with Crippen molar-refractivity contribution in [3.63, 3.8) is 0 Å². The van der Waals surface area contributed by atoms with E-state index in [-0.39, 0.29) is 34.7 Å². The minimum absolute atomic E-state index is 0.0164. The topological polar surface area (TPSA) is 90.7 Å². The molecule has 0 saturated carbocycles. The molecule has 0 atom stereocenters. The van der Waals surface area contributed by atoms with Crippen LogP contribution in [0.1, 0.15) is 31.1 Å². The molecule has 0 aromatic carbocycles. The molecule has 0 saturated heterocycles. The molecule has 1 heterocycles. The van der Waals surface area contributed by atoms with Gasteiger partial charge in [0.15, 0.2) is 0 Å². The summed E-state index contributed by atoms with van der Waals surface area (Å²) in [5.41, 5.74) is -0.118. The monoisotopic (exact) mass is 267 g/mol. The predicted molar refractivity (Wildman–Crippen MR) is 68.4 cm³/mol. The van der Waals surface area contributed by atoms with Gasteiger partial charge in [-0.15, -0.1) is 0 Å². The van der Waals surface area contributed by atoms with Crippen molar-refractivity contribution in [3.05, 3.63) is 17.0 Å². The Hall–Kier alpha value is -1.87. The van der Waals surface area contributed by atoms with Crippen LogP contribution in [0.25, 0.3) is 0 Å². The van der Waals surface area contributed by atoms with Crippen LogP contribution in [0.4, 0.5) is 5.82 Å². The number of nitriles is 1. The summed E-state index contributed by atoms with van der Waals surface area (Å²) in [7, 11) is 0. The van der Waals surface area contributed by atoms with Gasteiger partial charge in [-0.1, -0.05) is 0 Å². The quantitative estimate of drug-likeness (QED) is 0.641. The molecule has 18 heavy (non-hydrogen) atoms. The summed E-state index contributed by atoms with van der Waals surface area (Å²) in [4.78, 5) is 19.7. The first-order valence-electron chi connectivity index (χ1n) is 5.29. The van der Waals surface area contributed by atoms with Gasteiger partial charge in [-0.3, -0.25) is 4.79 Å². The van der Waals surface area contributed by atoms with E-state index in [9.17, 15) is 4.79 Å².